The fourth-order valence-electron chi connectivity index (χ4n) is 1.76. The summed E-state index contributed by atoms with van der Waals surface area (Å²) in [6.07, 6.45) is -2.36. The van der Waals surface area contributed by atoms with E-state index in [9.17, 15) is 18.0 Å². The van der Waals surface area contributed by atoms with E-state index in [2.05, 4.69) is 5.32 Å². The smallest absolute Gasteiger partial charge is 0.361 e. The van der Waals surface area contributed by atoms with Crippen molar-refractivity contribution in [3.8, 4) is 0 Å². The molecule has 0 saturated heterocycles. The summed E-state index contributed by atoms with van der Waals surface area (Å²) >= 11 is 0. The summed E-state index contributed by atoms with van der Waals surface area (Å²) in [4.78, 5) is 11.1. The van der Waals surface area contributed by atoms with Gasteiger partial charge in [0.05, 0.1) is 5.56 Å². The summed E-state index contributed by atoms with van der Waals surface area (Å²) in [5.41, 5.74) is 0.563. The van der Waals surface area contributed by atoms with Crippen LogP contribution in [-0.4, -0.2) is 6.29 Å². The Kier molecular flexibility index (Phi) is 4.42. The highest BCUT2D eigenvalue weighted by Gasteiger charge is 2.30. The van der Waals surface area contributed by atoms with Crippen molar-refractivity contribution < 1.29 is 18.0 Å². The highest BCUT2D eigenvalue weighted by atomic mass is 19.4. The minimum absolute atomic E-state index is 0.264. The zero-order valence-corrected chi connectivity index (χ0v) is 10.9. The lowest BCUT2D eigenvalue weighted by Gasteiger charge is -2.09. The van der Waals surface area contributed by atoms with Crippen molar-refractivity contribution in [2.75, 3.05) is 5.32 Å². The number of carbonyl (C=O) groups excluding carboxylic acids is 1. The Balaban J connectivity index is 2.22. The van der Waals surface area contributed by atoms with E-state index >= 15 is 0 Å². The Bertz CT molecular complexity index is 648. The lowest BCUT2D eigenvalue weighted by atomic mass is 10.1. The zero-order valence-electron chi connectivity index (χ0n) is 10.9. The first-order valence-corrected chi connectivity index (χ1v) is 6.15. The lowest BCUT2D eigenvalue weighted by Crippen LogP contribution is -2.05. The lowest BCUT2D eigenvalue weighted by molar-refractivity contribution is -0.137. The fraction of sp³-hybridized carbons (Fsp3) is 0.0625. The standard InChI is InChI=1S/C16H12F3NO/c17-16(18,19)14-7-4-8-15(9-14)20-10-13(11-21)12-5-2-1-3-6-12/h1-11,20H. The SMILES string of the molecule is O=CC(=CNc1cccc(C(F)(F)F)c1)c1ccccc1. The van der Waals surface area contributed by atoms with Gasteiger partial charge in [-0.25, -0.2) is 0 Å². The van der Waals surface area contributed by atoms with Gasteiger partial charge in [0, 0.05) is 17.5 Å². The molecule has 0 radical (unpaired) electrons. The quantitative estimate of drug-likeness (QED) is 0.670. The van der Waals surface area contributed by atoms with E-state index in [1.165, 1.54) is 18.3 Å². The van der Waals surface area contributed by atoms with Crippen LogP contribution in [0.3, 0.4) is 0 Å². The van der Waals surface area contributed by atoms with Crippen LogP contribution >= 0.6 is 0 Å². The molecule has 0 fully saturated rings. The molecule has 0 heterocycles. The Labute approximate surface area is 119 Å². The van der Waals surface area contributed by atoms with Gasteiger partial charge in [-0.05, 0) is 23.8 Å². The molecule has 0 aromatic heterocycles. The van der Waals surface area contributed by atoms with E-state index < -0.39 is 11.7 Å². The van der Waals surface area contributed by atoms with E-state index in [1.54, 1.807) is 24.3 Å². The molecule has 0 saturated carbocycles. The first-order chi connectivity index (χ1) is 10.0. The summed E-state index contributed by atoms with van der Waals surface area (Å²) < 4.78 is 37.8. The molecule has 2 nitrogen and oxygen atoms in total. The van der Waals surface area contributed by atoms with E-state index in [4.69, 9.17) is 0 Å². The fourth-order valence-corrected chi connectivity index (χ4v) is 1.76. The van der Waals surface area contributed by atoms with Gasteiger partial charge in [0.2, 0.25) is 0 Å². The van der Waals surface area contributed by atoms with Crippen LogP contribution in [0, 0.1) is 0 Å². The van der Waals surface area contributed by atoms with Crippen molar-refractivity contribution in [2.45, 2.75) is 6.18 Å². The minimum Gasteiger partial charge on any atom is -0.361 e. The third-order valence-electron chi connectivity index (χ3n) is 2.82. The third-order valence-corrected chi connectivity index (χ3v) is 2.82. The third kappa shape index (κ3) is 3.95. The molecule has 1 N–H and O–H groups in total. The van der Waals surface area contributed by atoms with Crippen LogP contribution in [0.15, 0.2) is 60.8 Å². The van der Waals surface area contributed by atoms with Crippen molar-refractivity contribution in [2.24, 2.45) is 0 Å². The predicted octanol–water partition coefficient (Wildman–Crippen LogP) is 4.36. The summed E-state index contributed by atoms with van der Waals surface area (Å²) in [6.45, 7) is 0. The monoisotopic (exact) mass is 291 g/mol. The number of halogens is 3. The second-order valence-electron chi connectivity index (χ2n) is 4.31. The number of aldehydes is 1. The van der Waals surface area contributed by atoms with Gasteiger partial charge in [0.15, 0.2) is 6.29 Å². The van der Waals surface area contributed by atoms with Crippen LogP contribution in [-0.2, 0) is 11.0 Å². The Hall–Kier alpha value is -2.56. The summed E-state index contributed by atoms with van der Waals surface area (Å²) in [7, 11) is 0. The second-order valence-corrected chi connectivity index (χ2v) is 4.31. The number of alkyl halides is 3. The molecule has 2 rings (SSSR count). The van der Waals surface area contributed by atoms with Gasteiger partial charge in [-0.1, -0.05) is 36.4 Å². The molecular weight excluding hydrogens is 279 g/mol. The normalized spacial score (nSPS) is 12.0. The Morgan fingerprint density at radius 2 is 1.71 bits per heavy atom. The van der Waals surface area contributed by atoms with Crippen LogP contribution in [0.2, 0.25) is 0 Å². The van der Waals surface area contributed by atoms with Gasteiger partial charge in [-0.3, -0.25) is 4.79 Å². The van der Waals surface area contributed by atoms with E-state index in [0.717, 1.165) is 12.1 Å². The number of hydrogen-bond acceptors (Lipinski definition) is 2. The van der Waals surface area contributed by atoms with Gasteiger partial charge in [-0.2, -0.15) is 13.2 Å². The summed E-state index contributed by atoms with van der Waals surface area (Å²) in [5.74, 6) is 0. The number of nitrogens with one attached hydrogen (secondary N) is 1. The minimum atomic E-state index is -4.39. The predicted molar refractivity (Wildman–Crippen MR) is 75.5 cm³/mol. The van der Waals surface area contributed by atoms with Gasteiger partial charge in [0.1, 0.15) is 0 Å². The molecule has 5 heteroatoms. The second kappa shape index (κ2) is 6.26. The summed E-state index contributed by atoms with van der Waals surface area (Å²) in [6, 6.07) is 13.6. The molecule has 2 aromatic carbocycles. The molecule has 2 aromatic rings. The molecule has 0 aliphatic carbocycles. The van der Waals surface area contributed by atoms with E-state index in [-0.39, 0.29) is 5.69 Å². The molecule has 0 aliphatic heterocycles. The first-order valence-electron chi connectivity index (χ1n) is 6.15. The number of anilines is 1. The van der Waals surface area contributed by atoms with Gasteiger partial charge in [-0.15, -0.1) is 0 Å². The molecule has 21 heavy (non-hydrogen) atoms. The molecule has 0 spiro atoms. The van der Waals surface area contributed by atoms with Crippen LogP contribution in [0.1, 0.15) is 11.1 Å². The average molecular weight is 291 g/mol. The Morgan fingerprint density at radius 1 is 1.00 bits per heavy atom. The number of rotatable bonds is 4. The van der Waals surface area contributed by atoms with Crippen LogP contribution in [0.5, 0.6) is 0 Å². The maximum Gasteiger partial charge on any atom is 0.416 e. The van der Waals surface area contributed by atoms with Crippen molar-refractivity contribution in [1.82, 2.24) is 0 Å². The highest BCUT2D eigenvalue weighted by molar-refractivity contribution is 6.07. The van der Waals surface area contributed by atoms with Crippen molar-refractivity contribution in [3.63, 3.8) is 0 Å². The van der Waals surface area contributed by atoms with E-state index in [1.807, 2.05) is 6.07 Å². The van der Waals surface area contributed by atoms with Crippen molar-refractivity contribution >= 4 is 17.5 Å². The van der Waals surface area contributed by atoms with Crippen molar-refractivity contribution in [1.29, 1.82) is 0 Å². The van der Waals surface area contributed by atoms with Crippen LogP contribution in [0.25, 0.3) is 5.57 Å². The first kappa shape index (κ1) is 14.8. The molecule has 0 unspecified atom stereocenters. The number of carbonyl (C=O) groups is 1. The number of hydrogen-bond donors (Lipinski definition) is 1. The van der Waals surface area contributed by atoms with Gasteiger partial charge in [0.25, 0.3) is 0 Å². The molecule has 108 valence electrons. The van der Waals surface area contributed by atoms with Crippen LogP contribution < -0.4 is 5.32 Å². The van der Waals surface area contributed by atoms with Crippen LogP contribution in [0.4, 0.5) is 18.9 Å². The molecule has 0 aliphatic rings. The maximum absolute atomic E-state index is 12.6. The zero-order chi connectivity index (χ0) is 15.3. The number of benzene rings is 2. The highest BCUT2D eigenvalue weighted by Crippen LogP contribution is 2.30. The van der Waals surface area contributed by atoms with Gasteiger partial charge < -0.3 is 5.32 Å². The largest absolute Gasteiger partial charge is 0.416 e. The number of allylic oxidation sites excluding steroid dienone is 1. The topological polar surface area (TPSA) is 29.1 Å². The summed E-state index contributed by atoms with van der Waals surface area (Å²) in [5, 5.41) is 2.71. The maximum atomic E-state index is 12.6. The molecule has 0 amide bonds. The molecule has 0 atom stereocenters. The average Bonchev–Trinajstić information content (AvgIpc) is 2.48. The Morgan fingerprint density at radius 3 is 2.33 bits per heavy atom. The van der Waals surface area contributed by atoms with Gasteiger partial charge >= 0.3 is 6.18 Å². The molecular formula is C16H12F3NO. The van der Waals surface area contributed by atoms with E-state index in [0.29, 0.717) is 17.4 Å². The van der Waals surface area contributed by atoms with Crippen molar-refractivity contribution in [3.05, 3.63) is 71.9 Å². The molecule has 0 bridgehead atoms.